The number of carbonyl (C=O) groups is 7. The number of rotatable bonds is 20. The summed E-state index contributed by atoms with van der Waals surface area (Å²) < 4.78 is 0. The van der Waals surface area contributed by atoms with Crippen molar-refractivity contribution < 1.29 is 38.7 Å². The summed E-state index contributed by atoms with van der Waals surface area (Å²) >= 11 is 0. The summed E-state index contributed by atoms with van der Waals surface area (Å²) in [6, 6.07) is 0. The second-order valence-corrected chi connectivity index (χ2v) is 7.37. The average Bonchev–Trinajstić information content (AvgIpc) is 2.73. The van der Waals surface area contributed by atoms with Crippen molar-refractivity contribution in [3.63, 3.8) is 0 Å². The standard InChI is InChI=1S/C22H32O8/c1-2-3-4-5-6-7-8-9-10-11-12-13-14-15-16(23)17(24)18(25)19(26)20(27)21(28)22(29)30/h2-15H2,1H3,(H,29,30). The molecule has 0 bridgehead atoms. The molecule has 0 saturated heterocycles. The Balaban J connectivity index is 3.88. The monoisotopic (exact) mass is 424 g/mol. The van der Waals surface area contributed by atoms with E-state index in [2.05, 4.69) is 6.92 Å². The van der Waals surface area contributed by atoms with Crippen LogP contribution in [0.1, 0.15) is 96.8 Å². The topological polar surface area (TPSA) is 140 Å². The van der Waals surface area contributed by atoms with Gasteiger partial charge in [-0.05, 0) is 6.42 Å². The number of hydrogen-bond acceptors (Lipinski definition) is 7. The van der Waals surface area contributed by atoms with E-state index < -0.39 is 40.7 Å². The molecule has 0 aromatic carbocycles. The number of Topliss-reactive ketones (excluding diaryl/α,β-unsaturated/α-hetero) is 6. The molecule has 0 atom stereocenters. The number of unbranched alkanes of at least 4 members (excludes halogenated alkanes) is 12. The fourth-order valence-electron chi connectivity index (χ4n) is 2.95. The number of carboxylic acid groups (broad SMARTS) is 1. The third kappa shape index (κ3) is 11.5. The molecule has 30 heavy (non-hydrogen) atoms. The quantitative estimate of drug-likeness (QED) is 0.179. The van der Waals surface area contributed by atoms with Crippen molar-refractivity contribution in [2.24, 2.45) is 0 Å². The van der Waals surface area contributed by atoms with Crippen molar-refractivity contribution in [2.45, 2.75) is 96.8 Å². The van der Waals surface area contributed by atoms with Crippen molar-refractivity contribution in [1.29, 1.82) is 0 Å². The summed E-state index contributed by atoms with van der Waals surface area (Å²) in [7, 11) is 0. The average molecular weight is 424 g/mol. The smallest absolute Gasteiger partial charge is 0.380 e. The van der Waals surface area contributed by atoms with E-state index in [1.807, 2.05) is 0 Å². The third-order valence-corrected chi connectivity index (χ3v) is 4.78. The molecule has 8 heteroatoms. The first-order valence-corrected chi connectivity index (χ1v) is 10.7. The van der Waals surface area contributed by atoms with E-state index in [1.54, 1.807) is 0 Å². The molecule has 0 aromatic heterocycles. The lowest BCUT2D eigenvalue weighted by atomic mass is 10.00. The van der Waals surface area contributed by atoms with Crippen molar-refractivity contribution in [1.82, 2.24) is 0 Å². The Labute approximate surface area is 176 Å². The van der Waals surface area contributed by atoms with Crippen LogP contribution in [0.5, 0.6) is 0 Å². The highest BCUT2D eigenvalue weighted by atomic mass is 16.4. The lowest BCUT2D eigenvalue weighted by molar-refractivity contribution is -0.157. The van der Waals surface area contributed by atoms with Gasteiger partial charge in [0.1, 0.15) is 0 Å². The van der Waals surface area contributed by atoms with Gasteiger partial charge in [0.25, 0.3) is 23.1 Å². The van der Waals surface area contributed by atoms with Gasteiger partial charge in [-0.15, -0.1) is 0 Å². The number of aliphatic carboxylic acids is 1. The normalized spacial score (nSPS) is 10.4. The van der Waals surface area contributed by atoms with E-state index in [9.17, 15) is 33.6 Å². The van der Waals surface area contributed by atoms with Crippen LogP contribution in [0, 0.1) is 0 Å². The summed E-state index contributed by atoms with van der Waals surface area (Å²) in [6.07, 6.45) is 13.9. The Morgan fingerprint density at radius 3 is 1.20 bits per heavy atom. The number of ketones is 6. The summed E-state index contributed by atoms with van der Waals surface area (Å²) in [5.74, 6) is -13.3. The van der Waals surface area contributed by atoms with Gasteiger partial charge in [-0.1, -0.05) is 84.0 Å². The fraction of sp³-hybridized carbons (Fsp3) is 0.682. The first kappa shape index (κ1) is 27.5. The lowest BCUT2D eigenvalue weighted by Gasteiger charge is -2.03. The summed E-state index contributed by atoms with van der Waals surface area (Å²) in [5.41, 5.74) is 0. The maximum atomic E-state index is 11.7. The zero-order valence-electron chi connectivity index (χ0n) is 17.7. The molecule has 0 aliphatic carbocycles. The Bertz CT molecular complexity index is 648. The molecule has 1 N–H and O–H groups in total. The Hall–Kier alpha value is -2.51. The zero-order chi connectivity index (χ0) is 22.9. The molecule has 0 rings (SSSR count). The molecular formula is C22H32O8. The van der Waals surface area contributed by atoms with Gasteiger partial charge in [0.2, 0.25) is 5.78 Å². The van der Waals surface area contributed by atoms with Crippen LogP contribution in [0.4, 0.5) is 0 Å². The van der Waals surface area contributed by atoms with Gasteiger partial charge in [-0.3, -0.25) is 28.8 Å². The second-order valence-electron chi connectivity index (χ2n) is 7.37. The Kier molecular flexibility index (Phi) is 14.9. The molecule has 0 radical (unpaired) electrons. The fourth-order valence-corrected chi connectivity index (χ4v) is 2.95. The van der Waals surface area contributed by atoms with E-state index in [4.69, 9.17) is 5.11 Å². The molecule has 0 spiro atoms. The van der Waals surface area contributed by atoms with E-state index >= 15 is 0 Å². The predicted molar refractivity (Wildman–Crippen MR) is 108 cm³/mol. The minimum atomic E-state index is -2.22. The number of carbonyl (C=O) groups excluding carboxylic acids is 6. The van der Waals surface area contributed by atoms with E-state index in [0.29, 0.717) is 12.8 Å². The summed E-state index contributed by atoms with van der Waals surface area (Å²) in [5, 5.41) is 8.33. The minimum Gasteiger partial charge on any atom is -0.475 e. The van der Waals surface area contributed by atoms with Gasteiger partial charge < -0.3 is 5.11 Å². The highest BCUT2D eigenvalue weighted by molar-refractivity contribution is 6.95. The Morgan fingerprint density at radius 1 is 0.467 bits per heavy atom. The SMILES string of the molecule is CCCCCCCCCCCCCCCC(=O)C(=O)C(=O)C(=O)C(=O)C(=O)C(=O)O. The maximum Gasteiger partial charge on any atom is 0.380 e. The van der Waals surface area contributed by atoms with Gasteiger partial charge in [-0.25, -0.2) is 4.79 Å². The highest BCUT2D eigenvalue weighted by Gasteiger charge is 2.38. The Morgan fingerprint density at radius 2 is 0.800 bits per heavy atom. The highest BCUT2D eigenvalue weighted by Crippen LogP contribution is 2.13. The number of carboxylic acids is 1. The second kappa shape index (κ2) is 16.3. The maximum absolute atomic E-state index is 11.7. The van der Waals surface area contributed by atoms with Gasteiger partial charge in [0.15, 0.2) is 0 Å². The largest absolute Gasteiger partial charge is 0.475 e. The molecule has 0 unspecified atom stereocenters. The third-order valence-electron chi connectivity index (χ3n) is 4.78. The van der Waals surface area contributed by atoms with Crippen molar-refractivity contribution >= 4 is 40.7 Å². The van der Waals surface area contributed by atoms with Gasteiger partial charge >= 0.3 is 11.8 Å². The molecule has 0 amide bonds. The molecule has 168 valence electrons. The lowest BCUT2D eigenvalue weighted by Crippen LogP contribution is -2.40. The van der Waals surface area contributed by atoms with Gasteiger partial charge in [0.05, 0.1) is 0 Å². The molecule has 0 heterocycles. The first-order chi connectivity index (χ1) is 14.2. The van der Waals surface area contributed by atoms with Gasteiger partial charge in [-0.2, -0.15) is 0 Å². The molecule has 0 aliphatic heterocycles. The van der Waals surface area contributed by atoms with Crippen LogP contribution in [0.25, 0.3) is 0 Å². The predicted octanol–water partition coefficient (Wildman–Crippen LogP) is 2.97. The van der Waals surface area contributed by atoms with Crippen LogP contribution in [-0.2, 0) is 33.6 Å². The molecule has 8 nitrogen and oxygen atoms in total. The van der Waals surface area contributed by atoms with Crippen molar-refractivity contribution in [3.05, 3.63) is 0 Å². The van der Waals surface area contributed by atoms with Crippen LogP contribution in [0.15, 0.2) is 0 Å². The van der Waals surface area contributed by atoms with Gasteiger partial charge in [0, 0.05) is 6.42 Å². The summed E-state index contributed by atoms with van der Waals surface area (Å²) in [4.78, 5) is 78.5. The molecule has 0 aliphatic rings. The molecule has 0 saturated carbocycles. The summed E-state index contributed by atoms with van der Waals surface area (Å²) in [6.45, 7) is 2.20. The van der Waals surface area contributed by atoms with Crippen LogP contribution < -0.4 is 0 Å². The van der Waals surface area contributed by atoms with Crippen LogP contribution in [0.3, 0.4) is 0 Å². The van der Waals surface area contributed by atoms with Crippen LogP contribution in [0.2, 0.25) is 0 Å². The minimum absolute atomic E-state index is 0.239. The van der Waals surface area contributed by atoms with Crippen molar-refractivity contribution in [2.75, 3.05) is 0 Å². The van der Waals surface area contributed by atoms with Crippen LogP contribution in [-0.4, -0.2) is 45.8 Å². The van der Waals surface area contributed by atoms with Crippen LogP contribution >= 0.6 is 0 Å². The molecule has 0 aromatic rings. The van der Waals surface area contributed by atoms with Crippen molar-refractivity contribution in [3.8, 4) is 0 Å². The molecular weight excluding hydrogens is 392 g/mol. The first-order valence-electron chi connectivity index (χ1n) is 10.7. The molecule has 0 fully saturated rings. The zero-order valence-corrected chi connectivity index (χ0v) is 17.7. The van der Waals surface area contributed by atoms with E-state index in [0.717, 1.165) is 19.3 Å². The van der Waals surface area contributed by atoms with E-state index in [1.165, 1.54) is 51.4 Å². The van der Waals surface area contributed by atoms with E-state index in [-0.39, 0.29) is 6.42 Å². The number of hydrogen-bond donors (Lipinski definition) is 1.